The summed E-state index contributed by atoms with van der Waals surface area (Å²) in [6, 6.07) is 10.5. The lowest BCUT2D eigenvalue weighted by Gasteiger charge is -2.10. The Balaban J connectivity index is 2.15. The van der Waals surface area contributed by atoms with Crippen molar-refractivity contribution in [2.24, 2.45) is 0 Å². The summed E-state index contributed by atoms with van der Waals surface area (Å²) < 4.78 is 5.09. The smallest absolute Gasteiger partial charge is 0.212 e. The zero-order chi connectivity index (χ0) is 14.4. The molecule has 106 valence electrons. The quantitative estimate of drug-likeness (QED) is 0.815. The molecule has 1 N–H and O–H groups in total. The van der Waals surface area contributed by atoms with Gasteiger partial charge < -0.3 is 10.1 Å². The molecular weight excluding hydrogens is 248 g/mol. The van der Waals surface area contributed by atoms with E-state index in [2.05, 4.69) is 42.3 Å². The van der Waals surface area contributed by atoms with Crippen molar-refractivity contribution in [2.45, 2.75) is 26.8 Å². The Morgan fingerprint density at radius 3 is 2.65 bits per heavy atom. The third-order valence-electron chi connectivity index (χ3n) is 3.30. The first-order valence-corrected chi connectivity index (χ1v) is 7.05. The number of methoxy groups -OCH3 is 1. The highest BCUT2D eigenvalue weighted by atomic mass is 16.5. The average molecular weight is 270 g/mol. The third-order valence-corrected chi connectivity index (χ3v) is 3.30. The summed E-state index contributed by atoms with van der Waals surface area (Å²) >= 11 is 0. The lowest BCUT2D eigenvalue weighted by molar-refractivity contribution is 0.398. The van der Waals surface area contributed by atoms with Crippen molar-refractivity contribution in [1.82, 2.24) is 10.3 Å². The molecule has 0 aliphatic carbocycles. The number of nitrogens with zero attached hydrogens (tertiary/aromatic N) is 1. The second kappa shape index (κ2) is 7.06. The van der Waals surface area contributed by atoms with Crippen LogP contribution in [0.25, 0.3) is 11.1 Å². The van der Waals surface area contributed by atoms with Crippen LogP contribution in [0, 0.1) is 6.92 Å². The fraction of sp³-hybridized carbons (Fsp3) is 0.353. The molecule has 0 unspecified atom stereocenters. The molecule has 0 aliphatic heterocycles. The lowest BCUT2D eigenvalue weighted by Crippen LogP contribution is -2.13. The van der Waals surface area contributed by atoms with E-state index in [-0.39, 0.29) is 0 Å². The maximum absolute atomic E-state index is 5.09. The van der Waals surface area contributed by atoms with E-state index in [1.165, 1.54) is 16.7 Å². The molecule has 0 saturated heterocycles. The SMILES string of the molecule is CCCNCc1ccc(-c2ccc(OC)nc2)c(C)c1. The molecule has 3 heteroatoms. The Bertz CT molecular complexity index is 549. The first-order chi connectivity index (χ1) is 9.74. The molecule has 0 amide bonds. The molecule has 1 aromatic carbocycles. The predicted octanol–water partition coefficient (Wildman–Crippen LogP) is 3.57. The van der Waals surface area contributed by atoms with E-state index >= 15 is 0 Å². The fourth-order valence-electron chi connectivity index (χ4n) is 2.23. The lowest BCUT2D eigenvalue weighted by atomic mass is 9.99. The molecule has 0 atom stereocenters. The van der Waals surface area contributed by atoms with Crippen molar-refractivity contribution < 1.29 is 4.74 Å². The van der Waals surface area contributed by atoms with Gasteiger partial charge in [-0.05, 0) is 42.6 Å². The van der Waals surface area contributed by atoms with Gasteiger partial charge in [0, 0.05) is 24.4 Å². The average Bonchev–Trinajstić information content (AvgIpc) is 2.48. The molecule has 0 saturated carbocycles. The van der Waals surface area contributed by atoms with Crippen LogP contribution in [0.1, 0.15) is 24.5 Å². The van der Waals surface area contributed by atoms with Crippen LogP contribution in [0.4, 0.5) is 0 Å². The van der Waals surface area contributed by atoms with Crippen molar-refractivity contribution in [2.75, 3.05) is 13.7 Å². The van der Waals surface area contributed by atoms with Gasteiger partial charge in [-0.15, -0.1) is 0 Å². The van der Waals surface area contributed by atoms with Crippen molar-refractivity contribution in [3.63, 3.8) is 0 Å². The van der Waals surface area contributed by atoms with Crippen LogP contribution in [0.3, 0.4) is 0 Å². The molecule has 2 aromatic rings. The molecule has 0 spiro atoms. The van der Waals surface area contributed by atoms with Gasteiger partial charge in [0.25, 0.3) is 0 Å². The van der Waals surface area contributed by atoms with Gasteiger partial charge in [0.1, 0.15) is 0 Å². The number of rotatable bonds is 6. The van der Waals surface area contributed by atoms with Crippen molar-refractivity contribution in [3.8, 4) is 17.0 Å². The maximum Gasteiger partial charge on any atom is 0.212 e. The topological polar surface area (TPSA) is 34.1 Å². The summed E-state index contributed by atoms with van der Waals surface area (Å²) in [6.45, 7) is 6.31. The van der Waals surface area contributed by atoms with Gasteiger partial charge in [0.2, 0.25) is 5.88 Å². The number of aryl methyl sites for hydroxylation is 1. The minimum Gasteiger partial charge on any atom is -0.481 e. The van der Waals surface area contributed by atoms with Gasteiger partial charge in [-0.25, -0.2) is 4.98 Å². The van der Waals surface area contributed by atoms with Crippen molar-refractivity contribution in [1.29, 1.82) is 0 Å². The monoisotopic (exact) mass is 270 g/mol. The normalized spacial score (nSPS) is 10.6. The van der Waals surface area contributed by atoms with E-state index in [1.807, 2.05) is 18.3 Å². The predicted molar refractivity (Wildman–Crippen MR) is 83.0 cm³/mol. The van der Waals surface area contributed by atoms with Gasteiger partial charge in [0.15, 0.2) is 0 Å². The van der Waals surface area contributed by atoms with E-state index in [9.17, 15) is 0 Å². The number of hydrogen-bond acceptors (Lipinski definition) is 3. The Hall–Kier alpha value is -1.87. The summed E-state index contributed by atoms with van der Waals surface area (Å²) in [7, 11) is 1.63. The minimum absolute atomic E-state index is 0.645. The molecule has 2 rings (SSSR count). The Morgan fingerprint density at radius 1 is 1.20 bits per heavy atom. The molecule has 0 fully saturated rings. The first-order valence-electron chi connectivity index (χ1n) is 7.05. The van der Waals surface area contributed by atoms with Crippen LogP contribution in [0.15, 0.2) is 36.5 Å². The van der Waals surface area contributed by atoms with Crippen LogP contribution in [0.2, 0.25) is 0 Å². The summed E-state index contributed by atoms with van der Waals surface area (Å²) in [4.78, 5) is 4.26. The van der Waals surface area contributed by atoms with Crippen molar-refractivity contribution in [3.05, 3.63) is 47.7 Å². The highest BCUT2D eigenvalue weighted by Gasteiger charge is 2.04. The molecule has 1 aromatic heterocycles. The van der Waals surface area contributed by atoms with Gasteiger partial charge in [0.05, 0.1) is 7.11 Å². The van der Waals surface area contributed by atoms with E-state index in [4.69, 9.17) is 4.74 Å². The van der Waals surface area contributed by atoms with Crippen LogP contribution in [-0.2, 0) is 6.54 Å². The number of ether oxygens (including phenoxy) is 1. The van der Waals surface area contributed by atoms with Crippen LogP contribution in [-0.4, -0.2) is 18.6 Å². The largest absolute Gasteiger partial charge is 0.481 e. The molecule has 20 heavy (non-hydrogen) atoms. The molecule has 0 radical (unpaired) electrons. The molecule has 0 aliphatic rings. The maximum atomic E-state index is 5.09. The van der Waals surface area contributed by atoms with Crippen LogP contribution >= 0.6 is 0 Å². The second-order valence-corrected chi connectivity index (χ2v) is 4.92. The number of benzene rings is 1. The van der Waals surface area contributed by atoms with E-state index in [0.717, 1.165) is 25.1 Å². The molecule has 3 nitrogen and oxygen atoms in total. The third kappa shape index (κ3) is 3.58. The Labute approximate surface area is 121 Å². The highest BCUT2D eigenvalue weighted by Crippen LogP contribution is 2.24. The van der Waals surface area contributed by atoms with E-state index in [1.54, 1.807) is 7.11 Å². The summed E-state index contributed by atoms with van der Waals surface area (Å²) in [5, 5.41) is 3.42. The minimum atomic E-state index is 0.645. The fourth-order valence-corrected chi connectivity index (χ4v) is 2.23. The van der Waals surface area contributed by atoms with Gasteiger partial charge >= 0.3 is 0 Å². The van der Waals surface area contributed by atoms with E-state index < -0.39 is 0 Å². The van der Waals surface area contributed by atoms with Crippen LogP contribution in [0.5, 0.6) is 5.88 Å². The van der Waals surface area contributed by atoms with Crippen molar-refractivity contribution >= 4 is 0 Å². The summed E-state index contributed by atoms with van der Waals surface area (Å²) in [6.07, 6.45) is 3.02. The molecular formula is C17H22N2O. The highest BCUT2D eigenvalue weighted by molar-refractivity contribution is 5.67. The summed E-state index contributed by atoms with van der Waals surface area (Å²) in [5.41, 5.74) is 4.93. The van der Waals surface area contributed by atoms with Crippen LogP contribution < -0.4 is 10.1 Å². The van der Waals surface area contributed by atoms with E-state index in [0.29, 0.717) is 5.88 Å². The second-order valence-electron chi connectivity index (χ2n) is 4.92. The van der Waals surface area contributed by atoms with Gasteiger partial charge in [-0.3, -0.25) is 0 Å². The van der Waals surface area contributed by atoms with Gasteiger partial charge in [-0.2, -0.15) is 0 Å². The Kier molecular flexibility index (Phi) is 5.13. The Morgan fingerprint density at radius 2 is 2.05 bits per heavy atom. The van der Waals surface area contributed by atoms with Gasteiger partial charge in [-0.1, -0.05) is 25.1 Å². The molecule has 1 heterocycles. The standard InChI is InChI=1S/C17H22N2O/c1-4-9-18-11-14-5-7-16(13(2)10-14)15-6-8-17(20-3)19-12-15/h5-8,10,12,18H,4,9,11H2,1-3H3. The zero-order valence-corrected chi connectivity index (χ0v) is 12.4. The first kappa shape index (κ1) is 14.5. The zero-order valence-electron chi connectivity index (χ0n) is 12.4. The number of pyridine rings is 1. The number of hydrogen-bond donors (Lipinski definition) is 1. The summed E-state index contributed by atoms with van der Waals surface area (Å²) in [5.74, 6) is 0.645. The number of nitrogens with one attached hydrogen (secondary N) is 1. The molecule has 0 bridgehead atoms. The number of aromatic nitrogens is 1.